The third kappa shape index (κ3) is 3.05. The summed E-state index contributed by atoms with van der Waals surface area (Å²) in [6.07, 6.45) is 0. The van der Waals surface area contributed by atoms with Gasteiger partial charge in [-0.25, -0.2) is 0 Å². The maximum absolute atomic E-state index is 5.43. The predicted molar refractivity (Wildman–Crippen MR) is 78.7 cm³/mol. The fourth-order valence-electron chi connectivity index (χ4n) is 1.96. The highest BCUT2D eigenvalue weighted by Crippen LogP contribution is 2.27. The van der Waals surface area contributed by atoms with Crippen LogP contribution in [0.3, 0.4) is 0 Å². The van der Waals surface area contributed by atoms with Gasteiger partial charge in [0.25, 0.3) is 0 Å². The second-order valence-electron chi connectivity index (χ2n) is 4.29. The zero-order chi connectivity index (χ0) is 13.0. The first kappa shape index (κ1) is 13.0. The van der Waals surface area contributed by atoms with Gasteiger partial charge < -0.3 is 10.1 Å². The molecular weight excluding hydrogens is 242 g/mol. The van der Waals surface area contributed by atoms with Crippen LogP contribution in [-0.4, -0.2) is 6.61 Å². The fraction of sp³-hybridized carbons (Fsp3) is 0.333. The number of thiophene rings is 1. The first-order valence-corrected chi connectivity index (χ1v) is 7.12. The van der Waals surface area contributed by atoms with E-state index in [2.05, 4.69) is 42.7 Å². The molecule has 1 aromatic carbocycles. The lowest BCUT2D eigenvalue weighted by molar-refractivity contribution is 0.340. The molecule has 0 bridgehead atoms. The van der Waals surface area contributed by atoms with Gasteiger partial charge in [-0.05, 0) is 62.0 Å². The Labute approximate surface area is 113 Å². The zero-order valence-corrected chi connectivity index (χ0v) is 11.9. The normalized spacial score (nSPS) is 12.2. The zero-order valence-electron chi connectivity index (χ0n) is 11.1. The molecule has 0 fully saturated rings. The molecule has 0 radical (unpaired) electrons. The van der Waals surface area contributed by atoms with E-state index in [0.29, 0.717) is 12.6 Å². The highest BCUT2D eigenvalue weighted by atomic mass is 32.1. The number of hydrogen-bond acceptors (Lipinski definition) is 3. The summed E-state index contributed by atoms with van der Waals surface area (Å²) < 4.78 is 5.43. The van der Waals surface area contributed by atoms with Crippen molar-refractivity contribution in [1.29, 1.82) is 0 Å². The van der Waals surface area contributed by atoms with Crippen molar-refractivity contribution in [2.24, 2.45) is 0 Å². The van der Waals surface area contributed by atoms with Crippen LogP contribution in [-0.2, 0) is 0 Å². The lowest BCUT2D eigenvalue weighted by Gasteiger charge is -2.15. The van der Waals surface area contributed by atoms with Crippen LogP contribution in [0.2, 0.25) is 0 Å². The van der Waals surface area contributed by atoms with Crippen molar-refractivity contribution in [3.05, 3.63) is 46.2 Å². The molecule has 18 heavy (non-hydrogen) atoms. The molecule has 0 aliphatic rings. The molecule has 96 valence electrons. The molecule has 1 heterocycles. The molecule has 0 saturated heterocycles. The minimum Gasteiger partial charge on any atom is -0.494 e. The summed E-state index contributed by atoms with van der Waals surface area (Å²) in [7, 11) is 0. The van der Waals surface area contributed by atoms with Crippen molar-refractivity contribution in [1.82, 2.24) is 0 Å². The first-order valence-electron chi connectivity index (χ1n) is 6.24. The molecule has 2 rings (SSSR count). The summed E-state index contributed by atoms with van der Waals surface area (Å²) in [4.78, 5) is 1.39. The number of aryl methyl sites for hydroxylation is 1. The third-order valence-electron chi connectivity index (χ3n) is 2.84. The van der Waals surface area contributed by atoms with Gasteiger partial charge in [0, 0.05) is 10.6 Å². The summed E-state index contributed by atoms with van der Waals surface area (Å²) in [5.74, 6) is 0.919. The number of benzene rings is 1. The standard InChI is InChI=1S/C15H19NOS/c1-4-17-14-7-5-13(6-8-14)16-12(3)15-11(2)9-10-18-15/h5-10,12,16H,4H2,1-3H3. The Morgan fingerprint density at radius 1 is 1.22 bits per heavy atom. The fourth-order valence-corrected chi connectivity index (χ4v) is 2.89. The molecule has 0 amide bonds. The van der Waals surface area contributed by atoms with Crippen molar-refractivity contribution < 1.29 is 4.74 Å². The van der Waals surface area contributed by atoms with Gasteiger partial charge >= 0.3 is 0 Å². The minimum atomic E-state index is 0.336. The Kier molecular flexibility index (Phi) is 4.26. The summed E-state index contributed by atoms with van der Waals surface area (Å²) in [6, 6.07) is 10.6. The molecule has 2 nitrogen and oxygen atoms in total. The smallest absolute Gasteiger partial charge is 0.119 e. The highest BCUT2D eigenvalue weighted by molar-refractivity contribution is 7.10. The van der Waals surface area contributed by atoms with E-state index in [1.165, 1.54) is 10.4 Å². The van der Waals surface area contributed by atoms with Crippen molar-refractivity contribution in [3.63, 3.8) is 0 Å². The number of rotatable bonds is 5. The maximum atomic E-state index is 5.43. The van der Waals surface area contributed by atoms with Gasteiger partial charge in [-0.2, -0.15) is 0 Å². The Hall–Kier alpha value is -1.48. The average Bonchev–Trinajstić information content (AvgIpc) is 2.78. The second kappa shape index (κ2) is 5.91. The van der Waals surface area contributed by atoms with E-state index in [4.69, 9.17) is 4.74 Å². The molecule has 1 N–H and O–H groups in total. The Morgan fingerprint density at radius 3 is 2.50 bits per heavy atom. The van der Waals surface area contributed by atoms with Crippen LogP contribution < -0.4 is 10.1 Å². The molecule has 3 heteroatoms. The van der Waals surface area contributed by atoms with Crippen LogP contribution in [0.25, 0.3) is 0 Å². The van der Waals surface area contributed by atoms with E-state index in [-0.39, 0.29) is 0 Å². The third-order valence-corrected chi connectivity index (χ3v) is 4.05. The molecular formula is C15H19NOS. The van der Waals surface area contributed by atoms with E-state index in [1.807, 2.05) is 19.1 Å². The van der Waals surface area contributed by atoms with Crippen molar-refractivity contribution in [3.8, 4) is 5.75 Å². The highest BCUT2D eigenvalue weighted by Gasteiger charge is 2.09. The Balaban J connectivity index is 2.03. The minimum absolute atomic E-state index is 0.336. The number of hydrogen-bond donors (Lipinski definition) is 1. The molecule has 0 aliphatic carbocycles. The van der Waals surface area contributed by atoms with Crippen molar-refractivity contribution >= 4 is 17.0 Å². The maximum Gasteiger partial charge on any atom is 0.119 e. The van der Waals surface area contributed by atoms with Gasteiger partial charge in [-0.3, -0.25) is 0 Å². The van der Waals surface area contributed by atoms with E-state index >= 15 is 0 Å². The monoisotopic (exact) mass is 261 g/mol. The summed E-state index contributed by atoms with van der Waals surface area (Å²) >= 11 is 1.80. The lowest BCUT2D eigenvalue weighted by atomic mass is 10.2. The van der Waals surface area contributed by atoms with E-state index in [9.17, 15) is 0 Å². The average molecular weight is 261 g/mol. The van der Waals surface area contributed by atoms with Gasteiger partial charge in [-0.15, -0.1) is 11.3 Å². The molecule has 1 aromatic heterocycles. The van der Waals surface area contributed by atoms with Crippen LogP contribution in [0, 0.1) is 6.92 Å². The summed E-state index contributed by atoms with van der Waals surface area (Å²) in [5, 5.41) is 5.65. The largest absolute Gasteiger partial charge is 0.494 e. The molecule has 2 aromatic rings. The Morgan fingerprint density at radius 2 is 1.94 bits per heavy atom. The van der Waals surface area contributed by atoms with Crippen molar-refractivity contribution in [2.75, 3.05) is 11.9 Å². The van der Waals surface area contributed by atoms with E-state index in [0.717, 1.165) is 11.4 Å². The van der Waals surface area contributed by atoms with Gasteiger partial charge in [0.2, 0.25) is 0 Å². The molecule has 0 aliphatic heterocycles. The number of ether oxygens (including phenoxy) is 1. The van der Waals surface area contributed by atoms with Crippen LogP contribution in [0.15, 0.2) is 35.7 Å². The Bertz CT molecular complexity index is 489. The van der Waals surface area contributed by atoms with Gasteiger partial charge in [-0.1, -0.05) is 0 Å². The quantitative estimate of drug-likeness (QED) is 0.847. The summed E-state index contributed by atoms with van der Waals surface area (Å²) in [5.41, 5.74) is 2.48. The molecule has 1 atom stereocenters. The molecule has 0 spiro atoms. The van der Waals surface area contributed by atoms with E-state index < -0.39 is 0 Å². The number of anilines is 1. The van der Waals surface area contributed by atoms with Gasteiger partial charge in [0.05, 0.1) is 12.6 Å². The van der Waals surface area contributed by atoms with Gasteiger partial charge in [0.1, 0.15) is 5.75 Å². The van der Waals surface area contributed by atoms with Crippen LogP contribution in [0.5, 0.6) is 5.75 Å². The molecule has 0 saturated carbocycles. The van der Waals surface area contributed by atoms with Crippen LogP contribution >= 0.6 is 11.3 Å². The SMILES string of the molecule is CCOc1ccc(NC(C)c2sccc2C)cc1. The van der Waals surface area contributed by atoms with E-state index in [1.54, 1.807) is 11.3 Å². The lowest BCUT2D eigenvalue weighted by Crippen LogP contribution is -2.05. The summed E-state index contributed by atoms with van der Waals surface area (Å²) in [6.45, 7) is 7.04. The van der Waals surface area contributed by atoms with Crippen LogP contribution in [0.1, 0.15) is 30.3 Å². The van der Waals surface area contributed by atoms with Gasteiger partial charge in [0.15, 0.2) is 0 Å². The first-order chi connectivity index (χ1) is 8.70. The second-order valence-corrected chi connectivity index (χ2v) is 5.24. The topological polar surface area (TPSA) is 21.3 Å². The molecule has 1 unspecified atom stereocenters. The predicted octanol–water partition coefficient (Wildman–Crippen LogP) is 4.63. The number of nitrogens with one attached hydrogen (secondary N) is 1. The van der Waals surface area contributed by atoms with Crippen molar-refractivity contribution in [2.45, 2.75) is 26.8 Å². The van der Waals surface area contributed by atoms with Crippen LogP contribution in [0.4, 0.5) is 5.69 Å².